The van der Waals surface area contributed by atoms with E-state index in [1.807, 2.05) is 26.0 Å². The minimum atomic E-state index is -0.0219. The summed E-state index contributed by atoms with van der Waals surface area (Å²) in [7, 11) is 0. The number of nitrogens with zero attached hydrogens (tertiary/aromatic N) is 1. The Morgan fingerprint density at radius 1 is 1.04 bits per heavy atom. The molecule has 1 amide bonds. The van der Waals surface area contributed by atoms with Gasteiger partial charge in [0.05, 0.1) is 16.6 Å². The van der Waals surface area contributed by atoms with Gasteiger partial charge in [0.1, 0.15) is 0 Å². The largest absolute Gasteiger partial charge is 0.302 e. The van der Waals surface area contributed by atoms with Crippen molar-refractivity contribution in [3.63, 3.8) is 0 Å². The Morgan fingerprint density at radius 3 is 2.48 bits per heavy atom. The first kappa shape index (κ1) is 15.7. The van der Waals surface area contributed by atoms with Gasteiger partial charge in [0.2, 0.25) is 5.91 Å². The molecule has 4 heteroatoms. The number of aryl methyl sites for hydroxylation is 4. The van der Waals surface area contributed by atoms with E-state index < -0.39 is 0 Å². The molecule has 118 valence electrons. The summed E-state index contributed by atoms with van der Waals surface area (Å²) < 4.78 is 1.15. The average Bonchev–Trinajstić information content (AvgIpc) is 2.91. The van der Waals surface area contributed by atoms with Crippen LogP contribution in [0.1, 0.15) is 27.8 Å². The number of benzene rings is 2. The van der Waals surface area contributed by atoms with Crippen LogP contribution in [0.2, 0.25) is 0 Å². The van der Waals surface area contributed by atoms with Crippen molar-refractivity contribution in [2.45, 2.75) is 34.1 Å². The normalized spacial score (nSPS) is 11.0. The first-order valence-electron chi connectivity index (χ1n) is 7.67. The minimum absolute atomic E-state index is 0.0219. The topological polar surface area (TPSA) is 42.0 Å². The first-order chi connectivity index (χ1) is 10.9. The van der Waals surface area contributed by atoms with E-state index in [4.69, 9.17) is 0 Å². The third kappa shape index (κ3) is 3.27. The monoisotopic (exact) mass is 324 g/mol. The summed E-state index contributed by atoms with van der Waals surface area (Å²) in [6.07, 6.45) is 0.375. The van der Waals surface area contributed by atoms with Crippen LogP contribution in [-0.2, 0) is 11.2 Å². The van der Waals surface area contributed by atoms with Gasteiger partial charge in [-0.05, 0) is 49.9 Å². The van der Waals surface area contributed by atoms with Crippen molar-refractivity contribution in [3.8, 4) is 0 Å². The van der Waals surface area contributed by atoms with Gasteiger partial charge in [0.15, 0.2) is 5.13 Å². The quantitative estimate of drug-likeness (QED) is 0.758. The minimum Gasteiger partial charge on any atom is -0.302 e. The van der Waals surface area contributed by atoms with Crippen LogP contribution >= 0.6 is 11.3 Å². The number of hydrogen-bond acceptors (Lipinski definition) is 3. The molecule has 1 aromatic heterocycles. The Labute approximate surface area is 140 Å². The summed E-state index contributed by atoms with van der Waals surface area (Å²) in [5.74, 6) is -0.0219. The van der Waals surface area contributed by atoms with Crippen LogP contribution in [0.25, 0.3) is 10.2 Å². The van der Waals surface area contributed by atoms with E-state index >= 15 is 0 Å². The number of thiazole rings is 1. The van der Waals surface area contributed by atoms with Crippen LogP contribution in [0.3, 0.4) is 0 Å². The summed E-state index contributed by atoms with van der Waals surface area (Å²) in [6.45, 7) is 8.21. The van der Waals surface area contributed by atoms with E-state index in [1.54, 1.807) is 11.3 Å². The highest BCUT2D eigenvalue weighted by Gasteiger charge is 2.12. The summed E-state index contributed by atoms with van der Waals surface area (Å²) in [4.78, 5) is 16.9. The van der Waals surface area contributed by atoms with Gasteiger partial charge in [-0.2, -0.15) is 0 Å². The van der Waals surface area contributed by atoms with Crippen molar-refractivity contribution in [1.29, 1.82) is 0 Å². The molecule has 0 saturated carbocycles. The second-order valence-corrected chi connectivity index (χ2v) is 7.05. The number of hydrogen-bond donors (Lipinski definition) is 1. The fraction of sp³-hybridized carbons (Fsp3) is 0.263. The third-order valence-corrected chi connectivity index (χ3v) is 5.14. The Morgan fingerprint density at radius 2 is 1.78 bits per heavy atom. The lowest BCUT2D eigenvalue weighted by molar-refractivity contribution is -0.115. The molecular formula is C19H20N2OS. The number of rotatable bonds is 3. The number of fused-ring (bicyclic) bond motifs is 1. The SMILES string of the molecule is Cc1ccc(CC(=O)Nc2nc3c(C)ccc(C)c3s2)c(C)c1. The van der Waals surface area contributed by atoms with Gasteiger partial charge >= 0.3 is 0 Å². The summed E-state index contributed by atoms with van der Waals surface area (Å²) in [6, 6.07) is 10.3. The number of carbonyl (C=O) groups is 1. The molecule has 3 aromatic rings. The summed E-state index contributed by atoms with van der Waals surface area (Å²) >= 11 is 1.54. The third-order valence-electron chi connectivity index (χ3n) is 4.04. The van der Waals surface area contributed by atoms with Gasteiger partial charge in [-0.25, -0.2) is 4.98 Å². The van der Waals surface area contributed by atoms with Crippen LogP contribution in [0, 0.1) is 27.7 Å². The highest BCUT2D eigenvalue weighted by molar-refractivity contribution is 7.22. The van der Waals surface area contributed by atoms with Crippen molar-refractivity contribution in [2.75, 3.05) is 5.32 Å². The molecule has 3 rings (SSSR count). The van der Waals surface area contributed by atoms with Crippen molar-refractivity contribution in [1.82, 2.24) is 4.98 Å². The standard InChI is InChI=1S/C19H20N2OS/c1-11-5-8-15(14(4)9-11)10-16(22)20-19-21-17-12(2)6-7-13(3)18(17)23-19/h5-9H,10H2,1-4H3,(H,20,21,22). The van der Waals surface area contributed by atoms with E-state index in [2.05, 4.69) is 42.3 Å². The Bertz CT molecular complexity index is 857. The Kier molecular flexibility index (Phi) is 4.18. The van der Waals surface area contributed by atoms with Gasteiger partial charge in [-0.1, -0.05) is 47.2 Å². The molecule has 0 bridgehead atoms. The molecule has 0 spiro atoms. The molecule has 0 radical (unpaired) electrons. The second kappa shape index (κ2) is 6.13. The smallest absolute Gasteiger partial charge is 0.230 e. The molecule has 0 aliphatic heterocycles. The highest BCUT2D eigenvalue weighted by Crippen LogP contribution is 2.30. The van der Waals surface area contributed by atoms with Crippen molar-refractivity contribution in [2.24, 2.45) is 0 Å². The lowest BCUT2D eigenvalue weighted by Gasteiger charge is -2.06. The zero-order valence-corrected chi connectivity index (χ0v) is 14.7. The molecule has 2 aromatic carbocycles. The summed E-state index contributed by atoms with van der Waals surface area (Å²) in [5.41, 5.74) is 6.73. The number of amides is 1. The van der Waals surface area contributed by atoms with Gasteiger partial charge in [-0.3, -0.25) is 4.79 Å². The Hall–Kier alpha value is -2.20. The second-order valence-electron chi connectivity index (χ2n) is 6.05. The van der Waals surface area contributed by atoms with Gasteiger partial charge < -0.3 is 5.32 Å². The molecule has 23 heavy (non-hydrogen) atoms. The van der Waals surface area contributed by atoms with Crippen molar-refractivity contribution >= 4 is 32.6 Å². The lowest BCUT2D eigenvalue weighted by atomic mass is 10.0. The van der Waals surface area contributed by atoms with E-state index in [-0.39, 0.29) is 5.91 Å². The Balaban J connectivity index is 1.80. The van der Waals surface area contributed by atoms with Crippen LogP contribution in [-0.4, -0.2) is 10.9 Å². The fourth-order valence-corrected chi connectivity index (χ4v) is 3.72. The highest BCUT2D eigenvalue weighted by atomic mass is 32.1. The molecule has 3 nitrogen and oxygen atoms in total. The van der Waals surface area contributed by atoms with Gasteiger partial charge in [-0.15, -0.1) is 0 Å². The molecule has 1 heterocycles. The maximum absolute atomic E-state index is 12.3. The van der Waals surface area contributed by atoms with Gasteiger partial charge in [0, 0.05) is 0 Å². The van der Waals surface area contributed by atoms with E-state index in [0.29, 0.717) is 11.6 Å². The van der Waals surface area contributed by atoms with E-state index in [9.17, 15) is 4.79 Å². The molecule has 0 aliphatic rings. The van der Waals surface area contributed by atoms with Gasteiger partial charge in [0.25, 0.3) is 0 Å². The zero-order valence-electron chi connectivity index (χ0n) is 13.9. The maximum Gasteiger partial charge on any atom is 0.230 e. The molecule has 1 N–H and O–H groups in total. The zero-order chi connectivity index (χ0) is 16.6. The molecule has 0 unspecified atom stereocenters. The van der Waals surface area contributed by atoms with Crippen LogP contribution < -0.4 is 5.32 Å². The van der Waals surface area contributed by atoms with Crippen molar-refractivity contribution in [3.05, 3.63) is 58.1 Å². The van der Waals surface area contributed by atoms with Crippen LogP contribution in [0.5, 0.6) is 0 Å². The average molecular weight is 324 g/mol. The fourth-order valence-electron chi connectivity index (χ4n) is 2.69. The number of anilines is 1. The molecule has 0 saturated heterocycles. The number of aromatic nitrogens is 1. The number of nitrogens with one attached hydrogen (secondary N) is 1. The molecular weight excluding hydrogens is 304 g/mol. The summed E-state index contributed by atoms with van der Waals surface area (Å²) in [5, 5.41) is 3.62. The molecule has 0 aliphatic carbocycles. The van der Waals surface area contributed by atoms with E-state index in [0.717, 1.165) is 26.9 Å². The predicted octanol–water partition coefficient (Wildman–Crippen LogP) is 4.71. The first-order valence-corrected chi connectivity index (χ1v) is 8.48. The lowest BCUT2D eigenvalue weighted by Crippen LogP contribution is -2.14. The van der Waals surface area contributed by atoms with Crippen LogP contribution in [0.4, 0.5) is 5.13 Å². The van der Waals surface area contributed by atoms with E-state index in [1.165, 1.54) is 11.1 Å². The van der Waals surface area contributed by atoms with Crippen LogP contribution in [0.15, 0.2) is 30.3 Å². The van der Waals surface area contributed by atoms with Crippen molar-refractivity contribution < 1.29 is 4.79 Å². The molecule has 0 atom stereocenters. The predicted molar refractivity (Wildman–Crippen MR) is 97.3 cm³/mol. The number of carbonyl (C=O) groups excluding carboxylic acids is 1. The molecule has 0 fully saturated rings. The maximum atomic E-state index is 12.3.